The molecule has 1 aliphatic carbocycles. The van der Waals surface area contributed by atoms with Crippen molar-refractivity contribution in [1.29, 1.82) is 0 Å². The largest absolute Gasteiger partial charge is 0.493 e. The molecular weight excluding hydrogens is 773 g/mol. The predicted octanol–water partition coefficient (Wildman–Crippen LogP) is 7.40. The molecule has 300 valence electrons. The number of piperidine rings is 2. The van der Waals surface area contributed by atoms with Gasteiger partial charge >= 0.3 is 12.1 Å². The number of alkyl halides is 5. The first kappa shape index (κ1) is 42.2. The number of nitrogens with zero attached hydrogens (tertiary/aromatic N) is 2. The van der Waals surface area contributed by atoms with E-state index in [4.69, 9.17) is 36.7 Å². The number of carbonyl (C=O) groups excluding carboxylic acids is 1. The molecule has 0 spiro atoms. The Kier molecular flexibility index (Phi) is 13.7. The molecule has 2 aliphatic heterocycles. The number of benzene rings is 3. The first-order valence-electron chi connectivity index (χ1n) is 17.9. The molecule has 0 radical (unpaired) electrons. The minimum absolute atomic E-state index is 0.00765. The van der Waals surface area contributed by atoms with E-state index < -0.39 is 58.7 Å². The van der Waals surface area contributed by atoms with Gasteiger partial charge in [0.25, 0.3) is 5.92 Å². The van der Waals surface area contributed by atoms with Gasteiger partial charge in [-0.3, -0.25) is 4.79 Å². The number of hydrogen-bond acceptors (Lipinski definition) is 7. The fourth-order valence-corrected chi connectivity index (χ4v) is 8.59. The number of hydrogen-bond donors (Lipinski definition) is 2. The van der Waals surface area contributed by atoms with E-state index in [1.807, 2.05) is 48.5 Å². The third-order valence-corrected chi connectivity index (χ3v) is 12.1. The van der Waals surface area contributed by atoms with Crippen LogP contribution in [0.1, 0.15) is 51.4 Å². The van der Waals surface area contributed by atoms with Crippen molar-refractivity contribution < 1.29 is 54.5 Å². The Morgan fingerprint density at radius 2 is 1.42 bits per heavy atom. The van der Waals surface area contributed by atoms with Crippen LogP contribution in [0.25, 0.3) is 11.1 Å². The third-order valence-electron chi connectivity index (χ3n) is 9.97. The standard InChI is InChI=1S/C36H42ClF2N3O5S.C2HF3O2/c37-28-10-6-26(7-11-28)27-8-12-30(13-9-27)47-31-18-21-42(33(22-31)35(43)41-20-19-34(40)36(38,39)24-41)48(44,45)32-16-14-29(15-17-32)46-23-25-4-2-1-3-5-25;3-2(4,5)1(6)7/h6-17,25,31,33-34H,1-5,18-24,40H2;(H,6,7)/t31-,33+,34+;/m0./s1. The maximum Gasteiger partial charge on any atom is 0.490 e. The zero-order valence-corrected chi connectivity index (χ0v) is 31.3. The van der Waals surface area contributed by atoms with Crippen molar-refractivity contribution in [2.24, 2.45) is 11.7 Å². The minimum atomic E-state index is -5.08. The summed E-state index contributed by atoms with van der Waals surface area (Å²) in [5.74, 6) is -5.08. The number of rotatable bonds is 9. The second kappa shape index (κ2) is 17.9. The second-order valence-electron chi connectivity index (χ2n) is 13.9. The lowest BCUT2D eigenvalue weighted by Crippen LogP contribution is -2.62. The van der Waals surface area contributed by atoms with Crippen LogP contribution in [0.3, 0.4) is 0 Å². The molecule has 0 bridgehead atoms. The predicted molar refractivity (Wildman–Crippen MR) is 195 cm³/mol. The van der Waals surface area contributed by atoms with Crippen LogP contribution >= 0.6 is 11.6 Å². The Hall–Kier alpha value is -3.99. The van der Waals surface area contributed by atoms with E-state index in [1.54, 1.807) is 12.1 Å². The van der Waals surface area contributed by atoms with Crippen molar-refractivity contribution in [3.8, 4) is 22.6 Å². The summed E-state index contributed by atoms with van der Waals surface area (Å²) in [5.41, 5.74) is 7.58. The monoisotopic (exact) mass is 815 g/mol. The van der Waals surface area contributed by atoms with Crippen LogP contribution < -0.4 is 15.2 Å². The number of ether oxygens (including phenoxy) is 2. The second-order valence-corrected chi connectivity index (χ2v) is 16.3. The number of likely N-dealkylation sites (tertiary alicyclic amines) is 1. The molecule has 3 atom stereocenters. The molecule has 10 nitrogen and oxygen atoms in total. The number of halogens is 6. The molecule has 2 heterocycles. The molecule has 3 N–H and O–H groups in total. The van der Waals surface area contributed by atoms with Crippen LogP contribution in [0.15, 0.2) is 77.7 Å². The van der Waals surface area contributed by atoms with Gasteiger partial charge in [0, 0.05) is 24.5 Å². The summed E-state index contributed by atoms with van der Waals surface area (Å²) in [6.45, 7) is -0.271. The summed E-state index contributed by atoms with van der Waals surface area (Å²) in [7, 11) is -4.17. The van der Waals surface area contributed by atoms with Crippen LogP contribution in [-0.4, -0.2) is 91.1 Å². The fourth-order valence-electron chi connectivity index (χ4n) is 6.86. The van der Waals surface area contributed by atoms with Crippen molar-refractivity contribution in [3.63, 3.8) is 0 Å². The number of sulfonamides is 1. The van der Waals surface area contributed by atoms with E-state index in [9.17, 15) is 35.2 Å². The van der Waals surface area contributed by atoms with Gasteiger partial charge in [0.1, 0.15) is 23.6 Å². The molecule has 1 saturated carbocycles. The van der Waals surface area contributed by atoms with Crippen LogP contribution in [0.5, 0.6) is 11.5 Å². The highest BCUT2D eigenvalue weighted by Gasteiger charge is 2.48. The van der Waals surface area contributed by atoms with Crippen molar-refractivity contribution in [2.75, 3.05) is 26.2 Å². The molecule has 6 rings (SSSR count). The van der Waals surface area contributed by atoms with Crippen LogP contribution in [0, 0.1) is 5.92 Å². The smallest absolute Gasteiger partial charge is 0.490 e. The van der Waals surface area contributed by atoms with Crippen LogP contribution in [-0.2, 0) is 19.6 Å². The van der Waals surface area contributed by atoms with Crippen molar-refractivity contribution in [3.05, 3.63) is 77.8 Å². The first-order chi connectivity index (χ1) is 25.9. The van der Waals surface area contributed by atoms with Crippen molar-refractivity contribution >= 4 is 33.5 Å². The van der Waals surface area contributed by atoms with E-state index in [0.717, 1.165) is 33.2 Å². The summed E-state index contributed by atoms with van der Waals surface area (Å²) >= 11 is 6.02. The molecule has 3 fully saturated rings. The van der Waals surface area contributed by atoms with Crippen LogP contribution in [0.4, 0.5) is 22.0 Å². The molecule has 3 aromatic carbocycles. The van der Waals surface area contributed by atoms with Gasteiger partial charge in [-0.15, -0.1) is 0 Å². The van der Waals surface area contributed by atoms with E-state index in [0.29, 0.717) is 35.5 Å². The molecule has 3 aliphatic rings. The summed E-state index contributed by atoms with van der Waals surface area (Å²) in [6, 6.07) is 18.5. The van der Waals surface area contributed by atoms with Gasteiger partial charge in [-0.2, -0.15) is 17.5 Å². The lowest BCUT2D eigenvalue weighted by molar-refractivity contribution is -0.192. The Labute approximate surface area is 321 Å². The average Bonchev–Trinajstić information content (AvgIpc) is 3.16. The maximum atomic E-state index is 14.6. The SMILES string of the molecule is N[C@@H]1CCN(C(=O)[C@H]2C[C@@H](Oc3ccc(-c4ccc(Cl)cc4)cc3)CCN2S(=O)(=O)c2ccc(OCC3CCCCC3)cc2)CC1(F)F.O=C(O)C(F)(F)F. The van der Waals surface area contributed by atoms with Gasteiger partial charge < -0.3 is 25.2 Å². The van der Waals surface area contributed by atoms with Crippen molar-refractivity contribution in [1.82, 2.24) is 9.21 Å². The highest BCUT2D eigenvalue weighted by atomic mass is 35.5. The average molecular weight is 816 g/mol. The molecule has 1 amide bonds. The van der Waals surface area contributed by atoms with Gasteiger partial charge in [0.2, 0.25) is 15.9 Å². The Bertz CT molecular complexity index is 1860. The fraction of sp³-hybridized carbons (Fsp3) is 0.474. The Morgan fingerprint density at radius 3 is 1.98 bits per heavy atom. The summed E-state index contributed by atoms with van der Waals surface area (Å²) in [4.78, 5) is 23.9. The number of carboxylic acid groups (broad SMARTS) is 1. The van der Waals surface area contributed by atoms with E-state index in [-0.39, 0.29) is 30.8 Å². The number of amides is 1. The zero-order chi connectivity index (χ0) is 40.0. The highest BCUT2D eigenvalue weighted by Crippen LogP contribution is 2.34. The molecule has 0 aromatic heterocycles. The van der Waals surface area contributed by atoms with Crippen molar-refractivity contribution in [2.45, 2.75) is 86.5 Å². The van der Waals surface area contributed by atoms with E-state index >= 15 is 0 Å². The summed E-state index contributed by atoms with van der Waals surface area (Å²) < 4.78 is 102. The van der Waals surface area contributed by atoms with Gasteiger partial charge in [-0.05, 0) is 91.3 Å². The zero-order valence-electron chi connectivity index (χ0n) is 29.8. The molecule has 2 saturated heterocycles. The summed E-state index contributed by atoms with van der Waals surface area (Å²) in [5, 5.41) is 7.77. The van der Waals surface area contributed by atoms with E-state index in [2.05, 4.69) is 0 Å². The van der Waals surface area contributed by atoms with Gasteiger partial charge in [0.15, 0.2) is 0 Å². The minimum Gasteiger partial charge on any atom is -0.493 e. The van der Waals surface area contributed by atoms with Gasteiger partial charge in [0.05, 0.1) is 24.1 Å². The lowest BCUT2D eigenvalue weighted by atomic mass is 9.90. The Balaban J connectivity index is 0.000000757. The number of nitrogens with two attached hydrogens (primary N) is 1. The first-order valence-corrected chi connectivity index (χ1v) is 19.8. The summed E-state index contributed by atoms with van der Waals surface area (Å²) in [6.07, 6.45) is 0.545. The lowest BCUT2D eigenvalue weighted by Gasteiger charge is -2.42. The number of carbonyl (C=O) groups is 2. The molecular formula is C38H43ClF5N3O7S. The van der Waals surface area contributed by atoms with Crippen LogP contribution in [0.2, 0.25) is 5.02 Å². The highest BCUT2D eigenvalue weighted by molar-refractivity contribution is 7.89. The normalized spacial score (nSPS) is 22.2. The van der Waals surface area contributed by atoms with Gasteiger partial charge in [-0.25, -0.2) is 22.0 Å². The molecule has 3 aromatic rings. The molecule has 0 unspecified atom stereocenters. The quantitative estimate of drug-likeness (QED) is 0.213. The topological polar surface area (TPSA) is 139 Å². The molecule has 17 heteroatoms. The number of aliphatic carboxylic acids is 1. The van der Waals surface area contributed by atoms with E-state index in [1.165, 1.54) is 31.4 Å². The maximum absolute atomic E-state index is 14.6. The third kappa shape index (κ3) is 11.1. The Morgan fingerprint density at radius 1 is 0.855 bits per heavy atom. The molecule has 55 heavy (non-hydrogen) atoms. The number of carboxylic acids is 1. The van der Waals surface area contributed by atoms with Gasteiger partial charge in [-0.1, -0.05) is 55.1 Å².